The monoisotopic (exact) mass is 221 g/mol. The van der Waals surface area contributed by atoms with E-state index in [0.29, 0.717) is 6.42 Å². The Balaban J connectivity index is 2.29. The lowest BCUT2D eigenvalue weighted by molar-refractivity contribution is 0.595. The van der Waals surface area contributed by atoms with Crippen molar-refractivity contribution in [2.45, 2.75) is 15.9 Å². The summed E-state index contributed by atoms with van der Waals surface area (Å²) in [5, 5.41) is 7.00. The van der Waals surface area contributed by atoms with Crippen LogP contribution in [0.5, 0.6) is 0 Å². The van der Waals surface area contributed by atoms with E-state index in [2.05, 4.69) is 0 Å². The molecule has 0 radical (unpaired) electrons. The van der Waals surface area contributed by atoms with Crippen molar-refractivity contribution in [1.29, 1.82) is 0 Å². The third-order valence-electron chi connectivity index (χ3n) is 1.68. The van der Waals surface area contributed by atoms with Crippen molar-refractivity contribution in [2.75, 3.05) is 0 Å². The zero-order valence-corrected chi connectivity index (χ0v) is 8.51. The summed E-state index contributed by atoms with van der Waals surface area (Å²) >= 11 is 2.94. The molecule has 3 nitrogen and oxygen atoms in total. The third kappa shape index (κ3) is 1.39. The summed E-state index contributed by atoms with van der Waals surface area (Å²) in [7, 11) is -3.37. The number of hydrogen-bond acceptors (Lipinski definition) is 4. The minimum Gasteiger partial charge on any atom is -0.228 e. The number of sulfonamides is 1. The first-order valence-corrected chi connectivity index (χ1v) is 6.69. The number of primary sulfonamides is 1. The minimum atomic E-state index is -3.37. The molecule has 0 saturated heterocycles. The van der Waals surface area contributed by atoms with Crippen molar-refractivity contribution in [3.8, 4) is 0 Å². The normalized spacial score (nSPS) is 22.6. The Morgan fingerprint density at radius 3 is 2.92 bits per heavy atom. The fourth-order valence-corrected chi connectivity index (χ4v) is 4.64. The lowest BCUT2D eigenvalue weighted by atomic mass is 10.4. The number of nitrogens with two attached hydrogens (primary N) is 1. The second kappa shape index (κ2) is 2.73. The fourth-order valence-electron chi connectivity index (χ4n) is 1.10. The van der Waals surface area contributed by atoms with E-state index in [1.165, 1.54) is 11.8 Å². The largest absolute Gasteiger partial charge is 0.228 e. The maximum atomic E-state index is 11.0. The van der Waals surface area contributed by atoms with E-state index in [9.17, 15) is 8.42 Å². The van der Waals surface area contributed by atoms with Gasteiger partial charge >= 0.3 is 0 Å². The fraction of sp³-hybridized carbons (Fsp3) is 0.333. The van der Waals surface area contributed by atoms with Gasteiger partial charge in [0, 0.05) is 16.2 Å². The first-order valence-electron chi connectivity index (χ1n) is 3.32. The predicted octanol–water partition coefficient (Wildman–Crippen LogP) is 1.01. The molecule has 1 unspecified atom stereocenters. The number of fused-ring (bicyclic) bond motifs is 1. The molecule has 1 aromatic heterocycles. The zero-order valence-electron chi connectivity index (χ0n) is 6.06. The Labute approximate surface area is 79.0 Å². The van der Waals surface area contributed by atoms with Gasteiger partial charge in [0.15, 0.2) is 0 Å². The molecule has 1 aromatic rings. The smallest absolute Gasteiger partial charge is 0.222 e. The molecule has 66 valence electrons. The van der Waals surface area contributed by atoms with Crippen LogP contribution in [0.2, 0.25) is 0 Å². The Morgan fingerprint density at radius 2 is 2.33 bits per heavy atom. The first-order chi connectivity index (χ1) is 5.57. The lowest BCUT2D eigenvalue weighted by Gasteiger charge is -2.03. The summed E-state index contributed by atoms with van der Waals surface area (Å²) in [5.74, 6) is 0. The van der Waals surface area contributed by atoms with Crippen LogP contribution in [-0.4, -0.2) is 13.0 Å². The standard InChI is InChI=1S/C6H7NO2S3/c7-12(8,9)6-3-5-4(11-6)1-2-10-5/h1-2,6H,3H2,(H2,7,8,9). The molecular formula is C6H7NO2S3. The van der Waals surface area contributed by atoms with E-state index >= 15 is 0 Å². The summed E-state index contributed by atoms with van der Waals surface area (Å²) in [4.78, 5) is 2.21. The molecule has 1 atom stereocenters. The highest BCUT2D eigenvalue weighted by Gasteiger charge is 2.31. The Kier molecular flexibility index (Phi) is 1.95. The number of hydrogen-bond donors (Lipinski definition) is 1. The van der Waals surface area contributed by atoms with Gasteiger partial charge in [0.2, 0.25) is 10.0 Å². The van der Waals surface area contributed by atoms with Gasteiger partial charge in [-0.1, -0.05) is 0 Å². The average Bonchev–Trinajstić information content (AvgIpc) is 2.37. The Hall–Kier alpha value is -0.0400. The van der Waals surface area contributed by atoms with Crippen LogP contribution in [0.1, 0.15) is 4.88 Å². The molecule has 0 bridgehead atoms. The first kappa shape index (κ1) is 8.55. The van der Waals surface area contributed by atoms with Gasteiger partial charge in [-0.25, -0.2) is 13.6 Å². The molecule has 2 heterocycles. The zero-order chi connectivity index (χ0) is 8.77. The molecule has 0 fully saturated rings. The summed E-state index contributed by atoms with van der Waals surface area (Å²) in [5.41, 5.74) is 0. The van der Waals surface area contributed by atoms with Crippen LogP contribution in [0, 0.1) is 0 Å². The van der Waals surface area contributed by atoms with Gasteiger partial charge in [0.1, 0.15) is 4.58 Å². The second-order valence-electron chi connectivity index (χ2n) is 2.55. The summed E-state index contributed by atoms with van der Waals surface area (Å²) in [6, 6.07) is 1.94. The van der Waals surface area contributed by atoms with Gasteiger partial charge in [-0.2, -0.15) is 0 Å². The molecule has 0 aromatic carbocycles. The van der Waals surface area contributed by atoms with Crippen molar-refractivity contribution in [3.63, 3.8) is 0 Å². The van der Waals surface area contributed by atoms with E-state index in [4.69, 9.17) is 5.14 Å². The Bertz CT molecular complexity index is 374. The maximum Gasteiger partial charge on any atom is 0.222 e. The highest BCUT2D eigenvalue weighted by molar-refractivity contribution is 8.13. The second-order valence-corrected chi connectivity index (χ2v) is 6.84. The average molecular weight is 221 g/mol. The molecule has 2 rings (SSSR count). The maximum absolute atomic E-state index is 11.0. The molecule has 0 aliphatic carbocycles. The van der Waals surface area contributed by atoms with Crippen molar-refractivity contribution >= 4 is 33.1 Å². The minimum absolute atomic E-state index is 0.458. The molecule has 0 saturated carbocycles. The van der Waals surface area contributed by atoms with Crippen LogP contribution in [0.4, 0.5) is 0 Å². The van der Waals surface area contributed by atoms with Crippen molar-refractivity contribution in [1.82, 2.24) is 0 Å². The van der Waals surface area contributed by atoms with E-state index in [0.717, 1.165) is 9.77 Å². The predicted molar refractivity (Wildman–Crippen MR) is 50.8 cm³/mol. The number of thioether (sulfide) groups is 1. The molecule has 12 heavy (non-hydrogen) atoms. The van der Waals surface area contributed by atoms with Crippen LogP contribution in [0.15, 0.2) is 16.3 Å². The highest BCUT2D eigenvalue weighted by Crippen LogP contribution is 2.41. The van der Waals surface area contributed by atoms with Crippen LogP contribution < -0.4 is 5.14 Å². The van der Waals surface area contributed by atoms with Crippen LogP contribution in [-0.2, 0) is 16.4 Å². The SMILES string of the molecule is NS(=O)(=O)C1Cc2sccc2S1. The van der Waals surface area contributed by atoms with Gasteiger partial charge in [-0.15, -0.1) is 23.1 Å². The number of rotatable bonds is 1. The van der Waals surface area contributed by atoms with Crippen molar-refractivity contribution < 1.29 is 8.42 Å². The summed E-state index contributed by atoms with van der Waals surface area (Å²) in [6.07, 6.45) is 0.566. The summed E-state index contributed by atoms with van der Waals surface area (Å²) in [6.45, 7) is 0. The summed E-state index contributed by atoms with van der Waals surface area (Å²) < 4.78 is 21.5. The van der Waals surface area contributed by atoms with E-state index in [1.54, 1.807) is 11.3 Å². The van der Waals surface area contributed by atoms with Crippen LogP contribution in [0.25, 0.3) is 0 Å². The topological polar surface area (TPSA) is 60.2 Å². The highest BCUT2D eigenvalue weighted by atomic mass is 32.3. The Morgan fingerprint density at radius 1 is 1.58 bits per heavy atom. The molecule has 2 N–H and O–H groups in total. The van der Waals surface area contributed by atoms with Gasteiger partial charge in [0.25, 0.3) is 0 Å². The molecular weight excluding hydrogens is 214 g/mol. The molecule has 1 aliphatic heterocycles. The van der Waals surface area contributed by atoms with E-state index in [1.807, 2.05) is 11.4 Å². The van der Waals surface area contributed by atoms with Crippen LogP contribution >= 0.6 is 23.1 Å². The lowest BCUT2D eigenvalue weighted by Crippen LogP contribution is -2.25. The van der Waals surface area contributed by atoms with E-state index < -0.39 is 14.6 Å². The van der Waals surface area contributed by atoms with Crippen molar-refractivity contribution in [2.24, 2.45) is 5.14 Å². The third-order valence-corrected chi connectivity index (χ3v) is 5.81. The number of thiophene rings is 1. The van der Waals surface area contributed by atoms with Gasteiger partial charge < -0.3 is 0 Å². The van der Waals surface area contributed by atoms with Crippen LogP contribution in [0.3, 0.4) is 0 Å². The quantitative estimate of drug-likeness (QED) is 0.770. The molecule has 0 amide bonds. The molecule has 0 spiro atoms. The van der Waals surface area contributed by atoms with Gasteiger partial charge in [-0.05, 0) is 11.4 Å². The molecule has 6 heteroatoms. The molecule has 1 aliphatic rings. The van der Waals surface area contributed by atoms with Crippen molar-refractivity contribution in [3.05, 3.63) is 16.3 Å². The van der Waals surface area contributed by atoms with E-state index in [-0.39, 0.29) is 0 Å². The van der Waals surface area contributed by atoms with Gasteiger partial charge in [0.05, 0.1) is 0 Å². The van der Waals surface area contributed by atoms with Gasteiger partial charge in [-0.3, -0.25) is 0 Å².